The normalized spacial score (nSPS) is 19.6. The third-order valence-corrected chi connectivity index (χ3v) is 6.46. The van der Waals surface area contributed by atoms with Crippen LogP contribution in [-0.2, 0) is 14.4 Å². The van der Waals surface area contributed by atoms with E-state index in [9.17, 15) is 41.8 Å². The molecule has 0 spiro atoms. The predicted molar refractivity (Wildman–Crippen MR) is 128 cm³/mol. The topological polar surface area (TPSA) is 149 Å². The van der Waals surface area contributed by atoms with Crippen molar-refractivity contribution in [1.82, 2.24) is 4.90 Å². The molecule has 1 saturated heterocycles. The molecule has 10 nitrogen and oxygen atoms in total. The Labute approximate surface area is 218 Å². The van der Waals surface area contributed by atoms with E-state index < -0.39 is 65.5 Å². The van der Waals surface area contributed by atoms with Crippen molar-refractivity contribution in [2.24, 2.45) is 5.92 Å². The van der Waals surface area contributed by atoms with Gasteiger partial charge in [0.15, 0.2) is 17.3 Å². The van der Waals surface area contributed by atoms with Crippen LogP contribution >= 0.6 is 0 Å². The first-order valence-electron chi connectivity index (χ1n) is 11.6. The van der Waals surface area contributed by atoms with Crippen molar-refractivity contribution < 1.29 is 46.6 Å². The molecular weight excluding hydrogens is 528 g/mol. The number of ether oxygens (including phenoxy) is 1. The molecule has 206 valence electrons. The maximum absolute atomic E-state index is 14.5. The number of fused-ring (bicyclic) bond motifs is 1. The minimum Gasteiger partial charge on any atom is -0.478 e. The molecule has 0 radical (unpaired) electrons. The standard InChI is InChI=1S/C25H22F4N4O6/c1-11(34)22(30)14-6-5-12(24(37)38)7-16(14)31-10-20(35)33-17-8-13(17)9-18(33)23(36)32-15-3-2-4-19(21(15)26)39-25(27,28)29/h2-7,13,17-18,30-31H,8-10H2,1H3,(H,32,36)(H,37,38)/t13-,17-,18+/m1/s1. The Morgan fingerprint density at radius 1 is 1.13 bits per heavy atom. The lowest BCUT2D eigenvalue weighted by Crippen LogP contribution is -2.47. The second-order valence-corrected chi connectivity index (χ2v) is 9.12. The maximum atomic E-state index is 14.5. The predicted octanol–water partition coefficient (Wildman–Crippen LogP) is 3.42. The first-order chi connectivity index (χ1) is 18.3. The molecule has 2 aromatic rings. The summed E-state index contributed by atoms with van der Waals surface area (Å²) in [7, 11) is 0. The molecule has 4 rings (SSSR count). The quantitative estimate of drug-likeness (QED) is 0.276. The van der Waals surface area contributed by atoms with Crippen LogP contribution in [0.25, 0.3) is 0 Å². The first-order valence-corrected chi connectivity index (χ1v) is 11.6. The number of benzene rings is 2. The van der Waals surface area contributed by atoms with Crippen molar-refractivity contribution in [3.63, 3.8) is 0 Å². The fourth-order valence-corrected chi connectivity index (χ4v) is 4.57. The summed E-state index contributed by atoms with van der Waals surface area (Å²) in [6.45, 7) is 0.744. The van der Waals surface area contributed by atoms with Gasteiger partial charge < -0.3 is 25.4 Å². The van der Waals surface area contributed by atoms with E-state index in [2.05, 4.69) is 15.4 Å². The average Bonchev–Trinajstić information content (AvgIpc) is 3.52. The van der Waals surface area contributed by atoms with Crippen molar-refractivity contribution in [1.29, 1.82) is 5.41 Å². The lowest BCUT2D eigenvalue weighted by Gasteiger charge is -2.27. The van der Waals surface area contributed by atoms with Gasteiger partial charge in [0.25, 0.3) is 0 Å². The van der Waals surface area contributed by atoms with E-state index in [4.69, 9.17) is 5.41 Å². The molecule has 2 fully saturated rings. The molecule has 0 unspecified atom stereocenters. The fourth-order valence-electron chi connectivity index (χ4n) is 4.57. The van der Waals surface area contributed by atoms with Crippen molar-refractivity contribution in [3.8, 4) is 5.75 Å². The summed E-state index contributed by atoms with van der Waals surface area (Å²) in [6.07, 6.45) is -4.25. The fraction of sp³-hybridized carbons (Fsp3) is 0.320. The van der Waals surface area contributed by atoms with Crippen molar-refractivity contribution in [2.75, 3.05) is 17.2 Å². The molecule has 3 atom stereocenters. The number of nitrogens with zero attached hydrogens (tertiary/aromatic N) is 1. The van der Waals surface area contributed by atoms with Crippen LogP contribution in [0.5, 0.6) is 5.75 Å². The minimum atomic E-state index is -5.14. The van der Waals surface area contributed by atoms with E-state index in [0.29, 0.717) is 6.42 Å². The maximum Gasteiger partial charge on any atom is 0.573 e. The molecular formula is C25H22F4N4O6. The largest absolute Gasteiger partial charge is 0.573 e. The molecule has 2 aliphatic rings. The number of carboxylic acids is 1. The number of anilines is 2. The Kier molecular flexibility index (Phi) is 7.31. The number of rotatable bonds is 9. The molecule has 2 amide bonds. The molecule has 14 heteroatoms. The SMILES string of the molecule is CC(=O)C(=N)c1ccc(C(=O)O)cc1NCC(=O)N1[C@@H]2C[C@@H]2C[C@H]1C(=O)Nc1cccc(OC(F)(F)F)c1F. The molecule has 1 aliphatic heterocycles. The highest BCUT2D eigenvalue weighted by Gasteiger charge is 2.56. The highest BCUT2D eigenvalue weighted by Crippen LogP contribution is 2.48. The van der Waals surface area contributed by atoms with Gasteiger partial charge in [-0.05, 0) is 49.1 Å². The van der Waals surface area contributed by atoms with E-state index >= 15 is 0 Å². The lowest BCUT2D eigenvalue weighted by molar-refractivity contribution is -0.275. The summed E-state index contributed by atoms with van der Waals surface area (Å²) in [5.41, 5.74) is -0.965. The summed E-state index contributed by atoms with van der Waals surface area (Å²) in [6, 6.07) is 5.25. The lowest BCUT2D eigenvalue weighted by atomic mass is 10.0. The van der Waals surface area contributed by atoms with Crippen LogP contribution in [0.15, 0.2) is 36.4 Å². The zero-order valence-corrected chi connectivity index (χ0v) is 20.3. The summed E-state index contributed by atoms with van der Waals surface area (Å²) in [5, 5.41) is 22.2. The Morgan fingerprint density at radius 3 is 2.49 bits per heavy atom. The Hall–Kier alpha value is -4.49. The van der Waals surface area contributed by atoms with Crippen LogP contribution in [0, 0.1) is 17.1 Å². The third-order valence-electron chi connectivity index (χ3n) is 6.46. The summed E-state index contributed by atoms with van der Waals surface area (Å²) in [4.78, 5) is 50.5. The van der Waals surface area contributed by atoms with Crippen LogP contribution in [0.1, 0.15) is 35.7 Å². The molecule has 1 aliphatic carbocycles. The van der Waals surface area contributed by atoms with Crippen LogP contribution in [0.4, 0.5) is 28.9 Å². The second-order valence-electron chi connectivity index (χ2n) is 9.12. The number of likely N-dealkylation sites (tertiary alicyclic amines) is 1. The second kappa shape index (κ2) is 10.3. The summed E-state index contributed by atoms with van der Waals surface area (Å²) >= 11 is 0. The van der Waals surface area contributed by atoms with Gasteiger partial charge in [-0.25, -0.2) is 9.18 Å². The van der Waals surface area contributed by atoms with Crippen LogP contribution in [0.3, 0.4) is 0 Å². The van der Waals surface area contributed by atoms with Gasteiger partial charge in [-0.15, -0.1) is 13.2 Å². The van der Waals surface area contributed by atoms with Gasteiger partial charge in [0.05, 0.1) is 17.8 Å². The van der Waals surface area contributed by atoms with Crippen LogP contribution < -0.4 is 15.4 Å². The highest BCUT2D eigenvalue weighted by molar-refractivity contribution is 6.45. The number of amides is 2. The average molecular weight is 550 g/mol. The Morgan fingerprint density at radius 2 is 1.85 bits per heavy atom. The number of carbonyl (C=O) groups excluding carboxylic acids is 3. The van der Waals surface area contributed by atoms with Crippen molar-refractivity contribution in [3.05, 3.63) is 53.3 Å². The zero-order chi connectivity index (χ0) is 28.6. The van der Waals surface area contributed by atoms with E-state index in [1.54, 1.807) is 0 Å². The van der Waals surface area contributed by atoms with Gasteiger partial charge in [0, 0.05) is 24.2 Å². The van der Waals surface area contributed by atoms with Gasteiger partial charge >= 0.3 is 12.3 Å². The van der Waals surface area contributed by atoms with E-state index in [-0.39, 0.29) is 35.2 Å². The third kappa shape index (κ3) is 5.99. The number of carbonyl (C=O) groups is 4. The number of carboxylic acid groups (broad SMARTS) is 1. The minimum absolute atomic E-state index is 0.0197. The summed E-state index contributed by atoms with van der Waals surface area (Å²) in [5.74, 6) is -5.74. The van der Waals surface area contributed by atoms with Crippen LogP contribution in [-0.4, -0.2) is 64.3 Å². The monoisotopic (exact) mass is 550 g/mol. The number of Topliss-reactive ketones (excluding diaryl/α,β-unsaturated/α-hetero) is 1. The van der Waals surface area contributed by atoms with Crippen LogP contribution in [0.2, 0.25) is 0 Å². The number of aromatic carboxylic acids is 1. The molecule has 2 aromatic carbocycles. The number of ketones is 1. The molecule has 0 aromatic heterocycles. The Balaban J connectivity index is 1.49. The van der Waals surface area contributed by atoms with Gasteiger partial charge in [0.2, 0.25) is 11.8 Å². The highest BCUT2D eigenvalue weighted by atomic mass is 19.4. The smallest absolute Gasteiger partial charge is 0.478 e. The van der Waals surface area contributed by atoms with Gasteiger partial charge in [-0.3, -0.25) is 19.8 Å². The molecule has 39 heavy (non-hydrogen) atoms. The number of halogens is 4. The molecule has 0 bridgehead atoms. The number of hydrogen-bond donors (Lipinski definition) is 4. The summed E-state index contributed by atoms with van der Waals surface area (Å²) < 4.78 is 55.8. The van der Waals surface area contributed by atoms with E-state index in [1.807, 2.05) is 0 Å². The van der Waals surface area contributed by atoms with Gasteiger partial charge in [0.1, 0.15) is 11.8 Å². The number of nitrogens with one attached hydrogen (secondary N) is 3. The van der Waals surface area contributed by atoms with Crippen molar-refractivity contribution in [2.45, 2.75) is 38.2 Å². The van der Waals surface area contributed by atoms with Gasteiger partial charge in [-0.1, -0.05) is 6.07 Å². The number of hydrogen-bond acceptors (Lipinski definition) is 7. The molecule has 1 heterocycles. The van der Waals surface area contributed by atoms with Gasteiger partial charge in [-0.2, -0.15) is 0 Å². The van der Waals surface area contributed by atoms with E-state index in [1.165, 1.54) is 23.1 Å². The van der Waals surface area contributed by atoms with E-state index in [0.717, 1.165) is 25.1 Å². The first kappa shape index (κ1) is 27.5. The number of alkyl halides is 3. The molecule has 1 saturated carbocycles. The zero-order valence-electron chi connectivity index (χ0n) is 20.3. The molecule has 4 N–H and O–H groups in total. The Bertz CT molecular complexity index is 1380. The number of piperidine rings is 1. The van der Waals surface area contributed by atoms with Crippen molar-refractivity contribution >= 4 is 40.7 Å².